The Balaban J connectivity index is 1.42. The third-order valence-electron chi connectivity index (χ3n) is 6.26. The number of nitrogens with zero attached hydrogens (tertiary/aromatic N) is 1. The maximum Gasteiger partial charge on any atom is 0.329 e. The van der Waals surface area contributed by atoms with Crippen molar-refractivity contribution >= 4 is 71.4 Å². The number of likely N-dealkylation sites (tertiary alicyclic amines) is 1. The maximum absolute atomic E-state index is 13.0. The van der Waals surface area contributed by atoms with Crippen LogP contribution in [0.5, 0.6) is 0 Å². The number of benzene rings is 1. The Morgan fingerprint density at radius 3 is 2.10 bits per heavy atom. The van der Waals surface area contributed by atoms with Crippen LogP contribution in [-0.2, 0) is 19.1 Å². The van der Waals surface area contributed by atoms with Gasteiger partial charge in [-0.3, -0.25) is 19.3 Å². The van der Waals surface area contributed by atoms with Crippen molar-refractivity contribution in [3.05, 3.63) is 34.3 Å². The number of amides is 2. The summed E-state index contributed by atoms with van der Waals surface area (Å²) >= 11 is 10.6. The van der Waals surface area contributed by atoms with Gasteiger partial charge in [0.05, 0.1) is 11.8 Å². The molecule has 2 bridgehead atoms. The van der Waals surface area contributed by atoms with Crippen molar-refractivity contribution in [2.45, 2.75) is 29.0 Å². The van der Waals surface area contributed by atoms with E-state index in [-0.39, 0.29) is 50.9 Å². The number of alkyl halides is 2. The minimum absolute atomic E-state index is 0.0815. The van der Waals surface area contributed by atoms with E-state index < -0.39 is 18.6 Å². The number of halogens is 3. The molecule has 1 heterocycles. The monoisotopic (exact) mass is 589 g/mol. The van der Waals surface area contributed by atoms with Gasteiger partial charge in [-0.05, 0) is 37.3 Å². The summed E-state index contributed by atoms with van der Waals surface area (Å²) in [5, 5.41) is 0. The van der Waals surface area contributed by atoms with Crippen LogP contribution in [0.25, 0.3) is 0 Å². The molecule has 1 aromatic carbocycles. The van der Waals surface area contributed by atoms with E-state index in [2.05, 4.69) is 47.8 Å². The highest BCUT2D eigenvalue weighted by molar-refractivity contribution is 9.12. The van der Waals surface area contributed by atoms with Crippen molar-refractivity contribution in [1.82, 2.24) is 4.90 Å². The third kappa shape index (κ3) is 3.43. The lowest BCUT2D eigenvalue weighted by Crippen LogP contribution is -2.45. The molecule has 4 rings (SSSR count). The molecule has 9 heteroatoms. The molecule has 0 spiro atoms. The van der Waals surface area contributed by atoms with Gasteiger partial charge in [0.1, 0.15) is 6.04 Å². The highest BCUT2D eigenvalue weighted by atomic mass is 79.9. The van der Waals surface area contributed by atoms with Crippen LogP contribution in [0.2, 0.25) is 0 Å². The number of ketones is 1. The summed E-state index contributed by atoms with van der Waals surface area (Å²) in [6.45, 7) is 1.04. The lowest BCUT2D eigenvalue weighted by Gasteiger charge is -2.28. The summed E-state index contributed by atoms with van der Waals surface area (Å²) in [5.74, 6) is -2.32. The summed E-state index contributed by atoms with van der Waals surface area (Å²) in [5.41, 5.74) is 0.416. The fourth-order valence-corrected chi connectivity index (χ4v) is 6.97. The van der Waals surface area contributed by atoms with Crippen molar-refractivity contribution in [3.8, 4) is 0 Å². The van der Waals surface area contributed by atoms with Crippen molar-refractivity contribution in [2.75, 3.05) is 6.61 Å². The summed E-state index contributed by atoms with van der Waals surface area (Å²) in [7, 11) is 0. The number of hydrogen-bond donors (Lipinski definition) is 0. The number of carbonyl (C=O) groups is 4. The molecule has 2 saturated carbocycles. The van der Waals surface area contributed by atoms with Crippen molar-refractivity contribution in [2.24, 2.45) is 23.7 Å². The van der Waals surface area contributed by atoms with E-state index in [1.165, 1.54) is 6.92 Å². The van der Waals surface area contributed by atoms with E-state index in [9.17, 15) is 19.2 Å². The molecule has 3 aliphatic rings. The van der Waals surface area contributed by atoms with Gasteiger partial charge in [-0.25, -0.2) is 4.79 Å². The second kappa shape index (κ2) is 7.89. The number of imide groups is 1. The summed E-state index contributed by atoms with van der Waals surface area (Å²) in [6.07, 6.45) is 0.826. The van der Waals surface area contributed by atoms with E-state index in [1.54, 1.807) is 24.3 Å². The predicted octanol–water partition coefficient (Wildman–Crippen LogP) is 3.34. The lowest BCUT2D eigenvalue weighted by atomic mass is 9.81. The number of fused-ring (bicyclic) bond motifs is 5. The molecule has 0 aromatic heterocycles. The van der Waals surface area contributed by atoms with Gasteiger partial charge in [0.15, 0.2) is 12.4 Å². The van der Waals surface area contributed by atoms with Crippen LogP contribution in [0.15, 0.2) is 28.7 Å². The van der Waals surface area contributed by atoms with Crippen LogP contribution < -0.4 is 0 Å². The molecule has 0 radical (unpaired) electrons. The van der Waals surface area contributed by atoms with E-state index in [0.29, 0.717) is 5.56 Å². The number of rotatable bonds is 5. The average Bonchev–Trinajstić information content (AvgIpc) is 3.30. The van der Waals surface area contributed by atoms with E-state index in [4.69, 9.17) is 4.74 Å². The Morgan fingerprint density at radius 2 is 1.59 bits per heavy atom. The Kier molecular flexibility index (Phi) is 5.76. The second-order valence-electron chi connectivity index (χ2n) is 7.76. The van der Waals surface area contributed by atoms with Gasteiger partial charge < -0.3 is 4.74 Å². The van der Waals surface area contributed by atoms with Gasteiger partial charge in [-0.15, -0.1) is 0 Å². The standard InChI is InChI=1S/C20H18Br3NO5/c1-8(20(28)29-7-13(25)9-2-4-10(21)5-3-9)24-18(26)14-11-6-12(15(14)19(24)27)17(23)16(11)22/h2-5,8,11-12,14-17H,6-7H2,1H3/t8-,11+,12+,14+,15+,16-,17+/m1/s1. The SMILES string of the molecule is C[C@H](C(=O)OCC(=O)c1ccc(Br)cc1)N1C(=O)[C@H]2[C@@H]3C[C@H]([C@@H](Br)[C@H]3Br)[C@@H]2C1=O. The molecule has 1 aromatic rings. The Bertz CT molecular complexity index is 857. The number of carbonyl (C=O) groups excluding carboxylic acids is 4. The van der Waals surface area contributed by atoms with Gasteiger partial charge in [0, 0.05) is 19.7 Å². The average molecular weight is 592 g/mol. The molecule has 0 unspecified atom stereocenters. The summed E-state index contributed by atoms with van der Waals surface area (Å²) in [6, 6.07) is 5.64. The Labute approximate surface area is 193 Å². The number of esters is 1. The molecule has 2 amide bonds. The molecular formula is C20H18Br3NO5. The van der Waals surface area contributed by atoms with Crippen molar-refractivity contribution < 1.29 is 23.9 Å². The first-order valence-corrected chi connectivity index (χ1v) is 11.9. The highest BCUT2D eigenvalue weighted by Crippen LogP contribution is 2.60. The molecule has 7 atom stereocenters. The van der Waals surface area contributed by atoms with Gasteiger partial charge in [-0.2, -0.15) is 0 Å². The van der Waals surface area contributed by atoms with Crippen LogP contribution in [0.3, 0.4) is 0 Å². The van der Waals surface area contributed by atoms with Crippen molar-refractivity contribution in [3.63, 3.8) is 0 Å². The second-order valence-corrected chi connectivity index (χ2v) is 10.8. The third-order valence-corrected chi connectivity index (χ3v) is 10.00. The van der Waals surface area contributed by atoms with Crippen molar-refractivity contribution in [1.29, 1.82) is 0 Å². The molecular weight excluding hydrogens is 574 g/mol. The molecule has 1 aliphatic heterocycles. The largest absolute Gasteiger partial charge is 0.456 e. The topological polar surface area (TPSA) is 80.8 Å². The van der Waals surface area contributed by atoms with Gasteiger partial charge >= 0.3 is 5.97 Å². The molecule has 6 nitrogen and oxygen atoms in total. The number of hydrogen-bond acceptors (Lipinski definition) is 5. The highest BCUT2D eigenvalue weighted by Gasteiger charge is 2.67. The lowest BCUT2D eigenvalue weighted by molar-refractivity contribution is -0.157. The van der Waals surface area contributed by atoms with E-state index in [0.717, 1.165) is 15.8 Å². The van der Waals surface area contributed by atoms with E-state index >= 15 is 0 Å². The van der Waals surface area contributed by atoms with Crippen LogP contribution in [0, 0.1) is 23.7 Å². The fraction of sp³-hybridized carbons (Fsp3) is 0.500. The predicted molar refractivity (Wildman–Crippen MR) is 115 cm³/mol. The van der Waals surface area contributed by atoms with Gasteiger partial charge in [0.2, 0.25) is 11.8 Å². The van der Waals surface area contributed by atoms with Crippen LogP contribution in [0.1, 0.15) is 23.7 Å². The number of Topliss-reactive ketones (excluding diaryl/α,β-unsaturated/α-hetero) is 1. The zero-order chi connectivity index (χ0) is 21.0. The molecule has 3 fully saturated rings. The van der Waals surface area contributed by atoms with Crippen LogP contribution >= 0.6 is 47.8 Å². The Morgan fingerprint density at radius 1 is 1.07 bits per heavy atom. The van der Waals surface area contributed by atoms with E-state index in [1.807, 2.05) is 0 Å². The first kappa shape index (κ1) is 21.2. The van der Waals surface area contributed by atoms with Crippen LogP contribution in [0.4, 0.5) is 0 Å². The minimum Gasteiger partial charge on any atom is -0.456 e. The molecule has 1 saturated heterocycles. The summed E-state index contributed by atoms with van der Waals surface area (Å²) < 4.78 is 5.96. The first-order valence-electron chi connectivity index (χ1n) is 9.32. The normalized spacial score (nSPS) is 33.7. The Hall–Kier alpha value is -1.06. The number of ether oxygens (including phenoxy) is 1. The van der Waals surface area contributed by atoms with Crippen LogP contribution in [-0.4, -0.2) is 50.8 Å². The molecule has 29 heavy (non-hydrogen) atoms. The molecule has 0 N–H and O–H groups in total. The summed E-state index contributed by atoms with van der Waals surface area (Å²) in [4.78, 5) is 52.0. The fourth-order valence-electron chi connectivity index (χ4n) is 4.84. The zero-order valence-corrected chi connectivity index (χ0v) is 20.1. The molecule has 2 aliphatic carbocycles. The minimum atomic E-state index is -1.06. The quantitative estimate of drug-likeness (QED) is 0.227. The first-order chi connectivity index (χ1) is 13.7. The van der Waals surface area contributed by atoms with Gasteiger partial charge in [-0.1, -0.05) is 59.9 Å². The maximum atomic E-state index is 13.0. The molecule has 154 valence electrons. The zero-order valence-electron chi connectivity index (χ0n) is 15.4. The smallest absolute Gasteiger partial charge is 0.329 e. The van der Waals surface area contributed by atoms with Gasteiger partial charge in [0.25, 0.3) is 0 Å².